The largest absolute Gasteiger partial charge is 0.459 e. The number of amides is 2. The van der Waals surface area contributed by atoms with Gasteiger partial charge in [0.1, 0.15) is 5.78 Å². The van der Waals surface area contributed by atoms with Gasteiger partial charge in [-0.3, -0.25) is 9.59 Å². The molecular formula is C15H20N2O4. The summed E-state index contributed by atoms with van der Waals surface area (Å²) in [5, 5.41) is 2.91. The van der Waals surface area contributed by atoms with Crippen molar-refractivity contribution in [3.63, 3.8) is 0 Å². The lowest BCUT2D eigenvalue weighted by molar-refractivity contribution is -0.133. The topological polar surface area (TPSA) is 79.6 Å². The summed E-state index contributed by atoms with van der Waals surface area (Å²) in [5.41, 5.74) is 0. The predicted octanol–water partition coefficient (Wildman–Crippen LogP) is 1.37. The van der Waals surface area contributed by atoms with E-state index in [1.165, 1.54) is 13.2 Å². The monoisotopic (exact) mass is 292 g/mol. The molecule has 1 saturated heterocycles. The Morgan fingerprint density at radius 3 is 2.57 bits per heavy atom. The number of ketones is 1. The minimum atomic E-state index is -0.221. The van der Waals surface area contributed by atoms with Crippen LogP contribution < -0.4 is 5.32 Å². The molecule has 0 spiro atoms. The molecule has 1 N–H and O–H groups in total. The van der Waals surface area contributed by atoms with Gasteiger partial charge in [-0.1, -0.05) is 0 Å². The Morgan fingerprint density at radius 1 is 1.29 bits per heavy atom. The van der Waals surface area contributed by atoms with Crippen LogP contribution in [0.15, 0.2) is 22.8 Å². The van der Waals surface area contributed by atoms with Gasteiger partial charge in [-0.25, -0.2) is 0 Å². The highest BCUT2D eigenvalue weighted by molar-refractivity contribution is 5.91. The van der Waals surface area contributed by atoms with Crippen LogP contribution in [0.25, 0.3) is 0 Å². The second-order valence-corrected chi connectivity index (χ2v) is 5.31. The lowest BCUT2D eigenvalue weighted by Gasteiger charge is -2.32. The van der Waals surface area contributed by atoms with E-state index in [9.17, 15) is 14.4 Å². The summed E-state index contributed by atoms with van der Waals surface area (Å²) >= 11 is 0. The number of piperidine rings is 1. The molecule has 114 valence electrons. The van der Waals surface area contributed by atoms with E-state index in [1.54, 1.807) is 17.0 Å². The Bertz CT molecular complexity index is 502. The quantitative estimate of drug-likeness (QED) is 0.889. The number of carbonyl (C=O) groups excluding carboxylic acids is 3. The van der Waals surface area contributed by atoms with Crippen LogP contribution in [0.5, 0.6) is 0 Å². The van der Waals surface area contributed by atoms with Crippen LogP contribution in [0.4, 0.5) is 0 Å². The van der Waals surface area contributed by atoms with Crippen LogP contribution in [0.2, 0.25) is 0 Å². The summed E-state index contributed by atoms with van der Waals surface area (Å²) < 4.78 is 5.04. The Labute approximate surface area is 123 Å². The number of hydrogen-bond acceptors (Lipinski definition) is 4. The molecule has 1 aliphatic rings. The van der Waals surface area contributed by atoms with Crippen molar-refractivity contribution in [3.05, 3.63) is 24.2 Å². The van der Waals surface area contributed by atoms with Gasteiger partial charge in [-0.15, -0.1) is 0 Å². The van der Waals surface area contributed by atoms with E-state index in [0.717, 1.165) is 12.8 Å². The molecule has 0 aromatic carbocycles. The van der Waals surface area contributed by atoms with E-state index in [2.05, 4.69) is 5.32 Å². The first-order chi connectivity index (χ1) is 10.1. The third kappa shape index (κ3) is 4.44. The molecule has 0 bridgehead atoms. The van der Waals surface area contributed by atoms with Crippen molar-refractivity contribution in [2.75, 3.05) is 13.1 Å². The summed E-state index contributed by atoms with van der Waals surface area (Å²) in [6.07, 6.45) is 3.48. The predicted molar refractivity (Wildman–Crippen MR) is 75.7 cm³/mol. The molecule has 1 fully saturated rings. The molecule has 0 radical (unpaired) electrons. The molecule has 2 heterocycles. The van der Waals surface area contributed by atoms with Crippen molar-refractivity contribution in [1.29, 1.82) is 0 Å². The number of Topliss-reactive ketones (excluding diaryl/α,β-unsaturated/α-hetero) is 1. The zero-order valence-electron chi connectivity index (χ0n) is 12.1. The Balaban J connectivity index is 1.74. The molecule has 0 aliphatic carbocycles. The first-order valence-corrected chi connectivity index (χ1v) is 7.18. The zero-order chi connectivity index (χ0) is 15.2. The molecule has 1 aromatic heterocycles. The number of hydrogen-bond donors (Lipinski definition) is 1. The third-order valence-corrected chi connectivity index (χ3v) is 3.62. The summed E-state index contributed by atoms with van der Waals surface area (Å²) in [6, 6.07) is 3.35. The van der Waals surface area contributed by atoms with E-state index in [0.29, 0.717) is 25.3 Å². The molecule has 21 heavy (non-hydrogen) atoms. The smallest absolute Gasteiger partial charge is 0.287 e. The van der Waals surface area contributed by atoms with Crippen molar-refractivity contribution in [2.24, 2.45) is 0 Å². The van der Waals surface area contributed by atoms with Crippen molar-refractivity contribution in [1.82, 2.24) is 10.2 Å². The second-order valence-electron chi connectivity index (χ2n) is 5.31. The van der Waals surface area contributed by atoms with E-state index in [1.807, 2.05) is 0 Å². The summed E-state index contributed by atoms with van der Waals surface area (Å²) in [5.74, 6) is 0.126. The molecule has 2 rings (SSSR count). The lowest BCUT2D eigenvalue weighted by Crippen LogP contribution is -2.46. The van der Waals surface area contributed by atoms with Crippen LogP contribution >= 0.6 is 0 Å². The highest BCUT2D eigenvalue weighted by atomic mass is 16.3. The zero-order valence-corrected chi connectivity index (χ0v) is 12.1. The van der Waals surface area contributed by atoms with Crippen LogP contribution in [0.3, 0.4) is 0 Å². The minimum absolute atomic E-state index is 0.0148. The van der Waals surface area contributed by atoms with Gasteiger partial charge in [0.25, 0.3) is 5.91 Å². The fourth-order valence-electron chi connectivity index (χ4n) is 2.38. The minimum Gasteiger partial charge on any atom is -0.459 e. The molecule has 2 amide bonds. The summed E-state index contributed by atoms with van der Waals surface area (Å²) in [4.78, 5) is 36.4. The van der Waals surface area contributed by atoms with Gasteiger partial charge in [0.15, 0.2) is 5.76 Å². The normalized spacial score (nSPS) is 15.8. The maximum atomic E-state index is 11.9. The van der Waals surface area contributed by atoms with Gasteiger partial charge in [0, 0.05) is 32.0 Å². The lowest BCUT2D eigenvalue weighted by atomic mass is 10.0. The Kier molecular flexibility index (Phi) is 5.14. The average molecular weight is 292 g/mol. The SMILES string of the molecule is CC(=O)CCC(=O)N1CCC(NC(=O)c2ccco2)CC1. The van der Waals surface area contributed by atoms with Crippen molar-refractivity contribution in [2.45, 2.75) is 38.6 Å². The fraction of sp³-hybridized carbons (Fsp3) is 0.533. The molecule has 1 aromatic rings. The molecule has 0 unspecified atom stereocenters. The Morgan fingerprint density at radius 2 is 2.00 bits per heavy atom. The first-order valence-electron chi connectivity index (χ1n) is 7.18. The number of furan rings is 1. The second kappa shape index (κ2) is 7.06. The molecule has 6 nitrogen and oxygen atoms in total. The van der Waals surface area contributed by atoms with E-state index in [4.69, 9.17) is 4.42 Å². The van der Waals surface area contributed by atoms with E-state index < -0.39 is 0 Å². The standard InChI is InChI=1S/C15H20N2O4/c1-11(18)4-5-14(19)17-8-6-12(7-9-17)16-15(20)13-3-2-10-21-13/h2-3,10,12H,4-9H2,1H3,(H,16,20). The Hall–Kier alpha value is -2.11. The fourth-order valence-corrected chi connectivity index (χ4v) is 2.38. The van der Waals surface area contributed by atoms with Crippen LogP contribution in [-0.2, 0) is 9.59 Å². The van der Waals surface area contributed by atoms with Gasteiger partial charge in [-0.05, 0) is 31.9 Å². The molecular weight excluding hydrogens is 272 g/mol. The van der Waals surface area contributed by atoms with Crippen LogP contribution in [0, 0.1) is 0 Å². The molecule has 0 saturated carbocycles. The third-order valence-electron chi connectivity index (χ3n) is 3.62. The molecule has 0 atom stereocenters. The summed E-state index contributed by atoms with van der Waals surface area (Å²) in [7, 11) is 0. The van der Waals surface area contributed by atoms with Crippen molar-refractivity contribution < 1.29 is 18.8 Å². The van der Waals surface area contributed by atoms with Gasteiger partial charge in [0.05, 0.1) is 6.26 Å². The van der Waals surface area contributed by atoms with Crippen molar-refractivity contribution >= 4 is 17.6 Å². The van der Waals surface area contributed by atoms with Gasteiger partial charge in [0.2, 0.25) is 5.91 Å². The number of nitrogens with one attached hydrogen (secondary N) is 1. The van der Waals surface area contributed by atoms with Gasteiger partial charge in [-0.2, -0.15) is 0 Å². The maximum absolute atomic E-state index is 11.9. The highest BCUT2D eigenvalue weighted by Gasteiger charge is 2.24. The first kappa shape index (κ1) is 15.3. The average Bonchev–Trinajstić information content (AvgIpc) is 3.00. The number of likely N-dealkylation sites (tertiary alicyclic amines) is 1. The van der Waals surface area contributed by atoms with Crippen LogP contribution in [0.1, 0.15) is 43.2 Å². The molecule has 1 aliphatic heterocycles. The van der Waals surface area contributed by atoms with E-state index >= 15 is 0 Å². The number of nitrogens with zero attached hydrogens (tertiary/aromatic N) is 1. The number of rotatable bonds is 5. The maximum Gasteiger partial charge on any atom is 0.287 e. The number of carbonyl (C=O) groups is 3. The molecule has 6 heteroatoms. The highest BCUT2D eigenvalue weighted by Crippen LogP contribution is 2.13. The van der Waals surface area contributed by atoms with Crippen molar-refractivity contribution in [3.8, 4) is 0 Å². The van der Waals surface area contributed by atoms with E-state index in [-0.39, 0.29) is 30.1 Å². The van der Waals surface area contributed by atoms with Gasteiger partial charge >= 0.3 is 0 Å². The summed E-state index contributed by atoms with van der Waals surface area (Å²) in [6.45, 7) is 2.71. The van der Waals surface area contributed by atoms with Gasteiger partial charge < -0.3 is 19.4 Å². The van der Waals surface area contributed by atoms with Crippen LogP contribution in [-0.4, -0.2) is 41.6 Å².